The van der Waals surface area contributed by atoms with Crippen LogP contribution in [0, 0.1) is 11.8 Å². The SMILES string of the molecule is COc1cccc(OCC(O)CNC2CC3CCC2C3)c1. The fourth-order valence-electron chi connectivity index (χ4n) is 3.72. The molecule has 0 heterocycles. The third-order valence-corrected chi connectivity index (χ3v) is 4.84. The molecule has 1 aromatic carbocycles. The zero-order chi connectivity index (χ0) is 14.7. The lowest BCUT2D eigenvalue weighted by molar-refractivity contribution is 0.101. The van der Waals surface area contributed by atoms with Crippen molar-refractivity contribution in [3.05, 3.63) is 24.3 Å². The van der Waals surface area contributed by atoms with E-state index in [2.05, 4.69) is 5.32 Å². The van der Waals surface area contributed by atoms with Gasteiger partial charge in [0.2, 0.25) is 0 Å². The van der Waals surface area contributed by atoms with Crippen molar-refractivity contribution in [2.24, 2.45) is 11.8 Å². The molecule has 2 bridgehead atoms. The monoisotopic (exact) mass is 291 g/mol. The van der Waals surface area contributed by atoms with Crippen LogP contribution in [0.15, 0.2) is 24.3 Å². The van der Waals surface area contributed by atoms with Gasteiger partial charge in [0.05, 0.1) is 7.11 Å². The average molecular weight is 291 g/mol. The van der Waals surface area contributed by atoms with E-state index < -0.39 is 6.10 Å². The summed E-state index contributed by atoms with van der Waals surface area (Å²) in [6, 6.07) is 8.07. The van der Waals surface area contributed by atoms with Crippen molar-refractivity contribution in [3.8, 4) is 11.5 Å². The molecule has 4 atom stereocenters. The maximum atomic E-state index is 10.0. The highest BCUT2D eigenvalue weighted by Gasteiger charge is 2.39. The van der Waals surface area contributed by atoms with Gasteiger partial charge in [0, 0.05) is 18.7 Å². The van der Waals surface area contributed by atoms with Gasteiger partial charge < -0.3 is 19.9 Å². The van der Waals surface area contributed by atoms with Crippen LogP contribution in [0.4, 0.5) is 0 Å². The summed E-state index contributed by atoms with van der Waals surface area (Å²) in [5.41, 5.74) is 0. The molecule has 0 saturated heterocycles. The zero-order valence-corrected chi connectivity index (χ0v) is 12.6. The molecule has 3 rings (SSSR count). The van der Waals surface area contributed by atoms with E-state index in [0.29, 0.717) is 19.2 Å². The van der Waals surface area contributed by atoms with Crippen LogP contribution in [0.1, 0.15) is 25.7 Å². The van der Waals surface area contributed by atoms with Crippen molar-refractivity contribution >= 4 is 0 Å². The van der Waals surface area contributed by atoms with Gasteiger partial charge in [0.25, 0.3) is 0 Å². The topological polar surface area (TPSA) is 50.7 Å². The van der Waals surface area contributed by atoms with Crippen LogP contribution in [0.2, 0.25) is 0 Å². The first-order valence-electron chi connectivity index (χ1n) is 7.93. The molecule has 2 saturated carbocycles. The van der Waals surface area contributed by atoms with Gasteiger partial charge in [-0.15, -0.1) is 0 Å². The third kappa shape index (κ3) is 3.69. The van der Waals surface area contributed by atoms with Crippen molar-refractivity contribution < 1.29 is 14.6 Å². The normalized spacial score (nSPS) is 28.6. The number of benzene rings is 1. The predicted molar refractivity (Wildman–Crippen MR) is 81.7 cm³/mol. The van der Waals surface area contributed by atoms with Gasteiger partial charge in [-0.3, -0.25) is 0 Å². The average Bonchev–Trinajstić information content (AvgIpc) is 3.14. The van der Waals surface area contributed by atoms with Crippen LogP contribution in [-0.4, -0.2) is 37.5 Å². The lowest BCUT2D eigenvalue weighted by Gasteiger charge is -2.24. The maximum Gasteiger partial charge on any atom is 0.123 e. The number of ether oxygens (including phenoxy) is 2. The quantitative estimate of drug-likeness (QED) is 0.809. The minimum absolute atomic E-state index is 0.307. The molecular weight excluding hydrogens is 266 g/mol. The molecule has 21 heavy (non-hydrogen) atoms. The molecule has 2 aliphatic carbocycles. The Morgan fingerprint density at radius 2 is 2.14 bits per heavy atom. The van der Waals surface area contributed by atoms with E-state index in [0.717, 1.165) is 23.3 Å². The molecule has 0 aromatic heterocycles. The number of methoxy groups -OCH3 is 1. The van der Waals surface area contributed by atoms with E-state index in [1.54, 1.807) is 7.11 Å². The highest BCUT2D eigenvalue weighted by molar-refractivity contribution is 5.32. The lowest BCUT2D eigenvalue weighted by atomic mass is 9.95. The van der Waals surface area contributed by atoms with E-state index in [1.807, 2.05) is 24.3 Å². The Morgan fingerprint density at radius 3 is 2.86 bits per heavy atom. The van der Waals surface area contributed by atoms with Gasteiger partial charge >= 0.3 is 0 Å². The molecule has 116 valence electrons. The van der Waals surface area contributed by atoms with E-state index >= 15 is 0 Å². The van der Waals surface area contributed by atoms with E-state index in [4.69, 9.17) is 9.47 Å². The number of rotatable bonds is 7. The molecule has 4 unspecified atom stereocenters. The predicted octanol–water partition coefficient (Wildman–Crippen LogP) is 2.21. The largest absolute Gasteiger partial charge is 0.497 e. The number of nitrogens with one attached hydrogen (secondary N) is 1. The highest BCUT2D eigenvalue weighted by atomic mass is 16.5. The van der Waals surface area contributed by atoms with Gasteiger partial charge in [0.1, 0.15) is 24.2 Å². The van der Waals surface area contributed by atoms with E-state index in [-0.39, 0.29) is 0 Å². The summed E-state index contributed by atoms with van der Waals surface area (Å²) in [4.78, 5) is 0. The van der Waals surface area contributed by atoms with Gasteiger partial charge in [-0.05, 0) is 43.2 Å². The Hall–Kier alpha value is -1.26. The van der Waals surface area contributed by atoms with E-state index in [1.165, 1.54) is 25.7 Å². The van der Waals surface area contributed by atoms with Gasteiger partial charge in [-0.2, -0.15) is 0 Å². The fourth-order valence-corrected chi connectivity index (χ4v) is 3.72. The summed E-state index contributed by atoms with van der Waals surface area (Å²) in [6.07, 6.45) is 4.96. The molecule has 0 radical (unpaired) electrons. The van der Waals surface area contributed by atoms with Crippen molar-refractivity contribution in [3.63, 3.8) is 0 Å². The molecule has 2 fully saturated rings. The van der Waals surface area contributed by atoms with Gasteiger partial charge in [-0.25, -0.2) is 0 Å². The van der Waals surface area contributed by atoms with E-state index in [9.17, 15) is 5.11 Å². The molecule has 0 aliphatic heterocycles. The standard InChI is InChI=1S/C17H25NO3/c1-20-15-3-2-4-16(9-15)21-11-14(19)10-18-17-8-12-5-6-13(17)7-12/h2-4,9,12-14,17-19H,5-8,10-11H2,1H3. The summed E-state index contributed by atoms with van der Waals surface area (Å²) >= 11 is 0. The highest BCUT2D eigenvalue weighted by Crippen LogP contribution is 2.44. The van der Waals surface area contributed by atoms with Crippen molar-refractivity contribution in [2.75, 3.05) is 20.3 Å². The Labute approximate surface area is 126 Å². The van der Waals surface area contributed by atoms with Crippen molar-refractivity contribution in [1.82, 2.24) is 5.32 Å². The second-order valence-corrected chi connectivity index (χ2v) is 6.33. The van der Waals surface area contributed by atoms with Crippen LogP contribution in [0.25, 0.3) is 0 Å². The number of fused-ring (bicyclic) bond motifs is 2. The Balaban J connectivity index is 1.39. The molecule has 4 heteroatoms. The van der Waals surface area contributed by atoms with Crippen molar-refractivity contribution in [1.29, 1.82) is 0 Å². The first-order valence-corrected chi connectivity index (χ1v) is 7.93. The number of aliphatic hydroxyl groups excluding tert-OH is 1. The van der Waals surface area contributed by atoms with Crippen LogP contribution < -0.4 is 14.8 Å². The molecule has 2 aliphatic rings. The van der Waals surface area contributed by atoms with Crippen LogP contribution in [0.5, 0.6) is 11.5 Å². The summed E-state index contributed by atoms with van der Waals surface area (Å²) in [5.74, 6) is 3.26. The maximum absolute atomic E-state index is 10.0. The minimum atomic E-state index is -0.477. The Kier molecular flexibility index (Phi) is 4.66. The molecule has 4 nitrogen and oxygen atoms in total. The first kappa shape index (κ1) is 14.7. The Bertz CT molecular complexity index is 465. The second-order valence-electron chi connectivity index (χ2n) is 6.33. The van der Waals surface area contributed by atoms with Crippen LogP contribution in [0.3, 0.4) is 0 Å². The zero-order valence-electron chi connectivity index (χ0n) is 12.6. The second kappa shape index (κ2) is 6.67. The molecule has 0 amide bonds. The summed E-state index contributed by atoms with van der Waals surface area (Å²) in [6.45, 7) is 0.916. The molecule has 2 N–H and O–H groups in total. The number of hydrogen-bond donors (Lipinski definition) is 2. The van der Waals surface area contributed by atoms with Crippen LogP contribution >= 0.6 is 0 Å². The number of hydrogen-bond acceptors (Lipinski definition) is 4. The first-order chi connectivity index (χ1) is 10.2. The minimum Gasteiger partial charge on any atom is -0.497 e. The molecular formula is C17H25NO3. The molecule has 0 spiro atoms. The summed E-state index contributed by atoms with van der Waals surface area (Å²) < 4.78 is 10.8. The van der Waals surface area contributed by atoms with Crippen molar-refractivity contribution in [2.45, 2.75) is 37.8 Å². The lowest BCUT2D eigenvalue weighted by Crippen LogP contribution is -2.40. The summed E-state index contributed by atoms with van der Waals surface area (Å²) in [5, 5.41) is 13.6. The molecule has 1 aromatic rings. The van der Waals surface area contributed by atoms with Gasteiger partial charge in [0.15, 0.2) is 0 Å². The van der Waals surface area contributed by atoms with Crippen LogP contribution in [-0.2, 0) is 0 Å². The third-order valence-electron chi connectivity index (χ3n) is 4.84. The smallest absolute Gasteiger partial charge is 0.123 e. The summed E-state index contributed by atoms with van der Waals surface area (Å²) in [7, 11) is 1.63. The fraction of sp³-hybridized carbons (Fsp3) is 0.647. The Morgan fingerprint density at radius 1 is 1.29 bits per heavy atom. The van der Waals surface area contributed by atoms with Gasteiger partial charge in [-0.1, -0.05) is 12.5 Å². The number of aliphatic hydroxyl groups is 1.